The summed E-state index contributed by atoms with van der Waals surface area (Å²) in [6, 6.07) is 14.5. The smallest absolute Gasteiger partial charge is 0.233 e. The molecule has 6 nitrogen and oxygen atoms in total. The van der Waals surface area contributed by atoms with Crippen LogP contribution in [0.2, 0.25) is 10.3 Å². The number of rotatable bonds is 5. The number of halogens is 2. The van der Waals surface area contributed by atoms with E-state index < -0.39 is 0 Å². The zero-order valence-electron chi connectivity index (χ0n) is 12.6. The van der Waals surface area contributed by atoms with E-state index >= 15 is 0 Å². The minimum atomic E-state index is 0.0810. The molecule has 0 aliphatic rings. The molecule has 0 saturated carbocycles. The van der Waals surface area contributed by atoms with Gasteiger partial charge < -0.3 is 15.4 Å². The Bertz CT molecular complexity index is 825. The summed E-state index contributed by atoms with van der Waals surface area (Å²) in [6.07, 6.45) is 0. The molecular weight excluding hydrogens is 349 g/mol. The van der Waals surface area contributed by atoms with E-state index in [2.05, 4.69) is 25.6 Å². The van der Waals surface area contributed by atoms with Crippen LogP contribution in [0.1, 0.15) is 0 Å². The number of hydrogen-bond acceptors (Lipinski definition) is 6. The predicted molar refractivity (Wildman–Crippen MR) is 95.8 cm³/mol. The number of ether oxygens (including phenoxy) is 1. The van der Waals surface area contributed by atoms with E-state index in [9.17, 15) is 0 Å². The quantitative estimate of drug-likeness (QED) is 0.687. The molecule has 2 aromatic carbocycles. The fourth-order valence-electron chi connectivity index (χ4n) is 1.93. The first kappa shape index (κ1) is 16.3. The van der Waals surface area contributed by atoms with E-state index in [1.807, 2.05) is 36.4 Å². The zero-order chi connectivity index (χ0) is 16.9. The molecule has 0 spiro atoms. The first-order valence-electron chi connectivity index (χ1n) is 6.97. The normalized spacial score (nSPS) is 10.3. The molecule has 1 aromatic heterocycles. The van der Waals surface area contributed by atoms with Crippen LogP contribution >= 0.6 is 23.2 Å². The van der Waals surface area contributed by atoms with Crippen molar-refractivity contribution in [2.45, 2.75) is 0 Å². The van der Waals surface area contributed by atoms with Gasteiger partial charge >= 0.3 is 0 Å². The molecule has 24 heavy (non-hydrogen) atoms. The summed E-state index contributed by atoms with van der Waals surface area (Å²) in [5.74, 6) is 1.42. The van der Waals surface area contributed by atoms with Crippen LogP contribution < -0.4 is 15.4 Å². The van der Waals surface area contributed by atoms with Gasteiger partial charge in [0.25, 0.3) is 0 Å². The Labute approximate surface area is 148 Å². The summed E-state index contributed by atoms with van der Waals surface area (Å²) in [7, 11) is 1.61. The summed E-state index contributed by atoms with van der Waals surface area (Å²) in [5, 5.41) is 6.85. The van der Waals surface area contributed by atoms with Gasteiger partial charge in [0.15, 0.2) is 0 Å². The van der Waals surface area contributed by atoms with Crippen LogP contribution in [-0.2, 0) is 0 Å². The molecule has 3 aromatic rings. The summed E-state index contributed by atoms with van der Waals surface area (Å²) in [5.41, 5.74) is 1.59. The largest absolute Gasteiger partial charge is 0.497 e. The van der Waals surface area contributed by atoms with Crippen LogP contribution in [0.5, 0.6) is 5.75 Å². The highest BCUT2D eigenvalue weighted by molar-refractivity contribution is 6.30. The first-order valence-corrected chi connectivity index (χ1v) is 7.73. The number of nitrogens with one attached hydrogen (secondary N) is 2. The standard InChI is InChI=1S/C16H13Cl2N5O/c1-24-13-8-6-12(7-9-13)20-16-22-14(18)21-15(23-16)19-11-4-2-10(17)3-5-11/h2-9H,1H3,(H2,19,20,21,22,23). The Balaban J connectivity index is 1.78. The molecule has 2 N–H and O–H groups in total. The molecular formula is C16H13Cl2N5O. The SMILES string of the molecule is COc1ccc(Nc2nc(Cl)nc(Nc3ccc(Cl)cc3)n2)cc1. The average Bonchev–Trinajstić information content (AvgIpc) is 2.57. The number of methoxy groups -OCH3 is 1. The van der Waals surface area contributed by atoms with E-state index in [-0.39, 0.29) is 5.28 Å². The molecule has 0 aliphatic carbocycles. The van der Waals surface area contributed by atoms with Crippen molar-refractivity contribution in [3.63, 3.8) is 0 Å². The molecule has 8 heteroatoms. The van der Waals surface area contributed by atoms with Crippen molar-refractivity contribution in [3.8, 4) is 5.75 Å². The molecule has 0 fully saturated rings. The molecule has 0 aliphatic heterocycles. The second kappa shape index (κ2) is 7.33. The third kappa shape index (κ3) is 4.24. The lowest BCUT2D eigenvalue weighted by Crippen LogP contribution is -2.04. The van der Waals surface area contributed by atoms with Gasteiger partial charge in [-0.1, -0.05) is 11.6 Å². The summed E-state index contributed by atoms with van der Waals surface area (Å²) >= 11 is 11.8. The number of aromatic nitrogens is 3. The highest BCUT2D eigenvalue weighted by Crippen LogP contribution is 2.21. The number of anilines is 4. The Hall–Kier alpha value is -2.57. The second-order valence-corrected chi connectivity index (χ2v) is 5.51. The molecule has 0 radical (unpaired) electrons. The van der Waals surface area contributed by atoms with Crippen LogP contribution in [0.3, 0.4) is 0 Å². The Kier molecular flexibility index (Phi) is 4.98. The minimum Gasteiger partial charge on any atom is -0.497 e. The van der Waals surface area contributed by atoms with Crippen molar-refractivity contribution < 1.29 is 4.74 Å². The molecule has 122 valence electrons. The maximum atomic E-state index is 5.97. The lowest BCUT2D eigenvalue weighted by Gasteiger charge is -2.09. The molecule has 0 unspecified atom stereocenters. The van der Waals surface area contributed by atoms with Crippen LogP contribution in [-0.4, -0.2) is 22.1 Å². The monoisotopic (exact) mass is 361 g/mol. The van der Waals surface area contributed by atoms with Crippen molar-refractivity contribution in [3.05, 3.63) is 58.8 Å². The second-order valence-electron chi connectivity index (χ2n) is 4.74. The predicted octanol–water partition coefficient (Wildman–Crippen LogP) is 4.67. The Morgan fingerprint density at radius 3 is 1.75 bits per heavy atom. The molecule has 0 atom stereocenters. The van der Waals surface area contributed by atoms with Gasteiger partial charge in [-0.2, -0.15) is 15.0 Å². The van der Waals surface area contributed by atoms with E-state index in [0.29, 0.717) is 16.9 Å². The third-order valence-corrected chi connectivity index (χ3v) is 3.48. The highest BCUT2D eigenvalue weighted by Gasteiger charge is 2.06. The molecule has 3 rings (SSSR count). The highest BCUT2D eigenvalue weighted by atomic mass is 35.5. The first-order chi connectivity index (χ1) is 11.6. The van der Waals surface area contributed by atoms with Gasteiger partial charge in [-0.3, -0.25) is 0 Å². The fourth-order valence-corrected chi connectivity index (χ4v) is 2.21. The number of nitrogens with zero attached hydrogens (tertiary/aromatic N) is 3. The summed E-state index contributed by atoms with van der Waals surface area (Å²) in [6.45, 7) is 0. The Morgan fingerprint density at radius 1 is 0.750 bits per heavy atom. The fraction of sp³-hybridized carbons (Fsp3) is 0.0625. The van der Waals surface area contributed by atoms with Gasteiger partial charge in [0, 0.05) is 16.4 Å². The lowest BCUT2D eigenvalue weighted by molar-refractivity contribution is 0.415. The van der Waals surface area contributed by atoms with Crippen LogP contribution in [0.15, 0.2) is 48.5 Å². The summed E-state index contributed by atoms with van der Waals surface area (Å²) in [4.78, 5) is 12.4. The molecule has 0 bridgehead atoms. The van der Waals surface area contributed by atoms with E-state index in [4.69, 9.17) is 27.9 Å². The maximum Gasteiger partial charge on any atom is 0.233 e. The van der Waals surface area contributed by atoms with E-state index in [0.717, 1.165) is 17.1 Å². The van der Waals surface area contributed by atoms with Crippen molar-refractivity contribution in [2.24, 2.45) is 0 Å². The van der Waals surface area contributed by atoms with Crippen LogP contribution in [0.25, 0.3) is 0 Å². The molecule has 1 heterocycles. The van der Waals surface area contributed by atoms with Gasteiger partial charge in [-0.25, -0.2) is 0 Å². The van der Waals surface area contributed by atoms with E-state index in [1.54, 1.807) is 19.2 Å². The lowest BCUT2D eigenvalue weighted by atomic mass is 10.3. The van der Waals surface area contributed by atoms with Crippen molar-refractivity contribution in [1.29, 1.82) is 0 Å². The van der Waals surface area contributed by atoms with E-state index in [1.165, 1.54) is 0 Å². The third-order valence-electron chi connectivity index (χ3n) is 3.05. The van der Waals surface area contributed by atoms with Crippen molar-refractivity contribution in [2.75, 3.05) is 17.7 Å². The summed E-state index contributed by atoms with van der Waals surface area (Å²) < 4.78 is 5.12. The van der Waals surface area contributed by atoms with Crippen molar-refractivity contribution >= 4 is 46.5 Å². The van der Waals surface area contributed by atoms with Gasteiger partial charge in [0.1, 0.15) is 5.75 Å². The maximum absolute atomic E-state index is 5.97. The van der Waals surface area contributed by atoms with Gasteiger partial charge in [-0.15, -0.1) is 0 Å². The average molecular weight is 362 g/mol. The number of hydrogen-bond donors (Lipinski definition) is 2. The minimum absolute atomic E-state index is 0.0810. The van der Waals surface area contributed by atoms with Gasteiger partial charge in [-0.05, 0) is 60.1 Å². The topological polar surface area (TPSA) is 72.0 Å². The van der Waals surface area contributed by atoms with Gasteiger partial charge in [0.05, 0.1) is 7.11 Å². The number of benzene rings is 2. The van der Waals surface area contributed by atoms with Gasteiger partial charge in [0.2, 0.25) is 17.2 Å². The van der Waals surface area contributed by atoms with Crippen molar-refractivity contribution in [1.82, 2.24) is 15.0 Å². The molecule has 0 amide bonds. The van der Waals surface area contributed by atoms with Crippen LogP contribution in [0.4, 0.5) is 23.3 Å². The molecule has 0 saturated heterocycles. The zero-order valence-corrected chi connectivity index (χ0v) is 14.1. The van der Waals surface area contributed by atoms with Crippen LogP contribution in [0, 0.1) is 0 Å². The Morgan fingerprint density at radius 2 is 1.25 bits per heavy atom.